The summed E-state index contributed by atoms with van der Waals surface area (Å²) in [5.41, 5.74) is 3.82. The second-order valence-electron chi connectivity index (χ2n) is 4.72. The van der Waals surface area contributed by atoms with Gasteiger partial charge in [0, 0.05) is 26.5 Å². The molecule has 20 heavy (non-hydrogen) atoms. The summed E-state index contributed by atoms with van der Waals surface area (Å²) in [6.45, 7) is 0. The first-order valence-electron chi connectivity index (χ1n) is 6.29. The van der Waals surface area contributed by atoms with Crippen LogP contribution in [0.15, 0.2) is 36.9 Å². The van der Waals surface area contributed by atoms with Crippen molar-refractivity contribution in [1.82, 2.24) is 29.1 Å². The van der Waals surface area contributed by atoms with E-state index in [1.165, 1.54) is 0 Å². The van der Waals surface area contributed by atoms with E-state index in [2.05, 4.69) is 19.9 Å². The van der Waals surface area contributed by atoms with Crippen LogP contribution >= 0.6 is 0 Å². The summed E-state index contributed by atoms with van der Waals surface area (Å²) < 4.78 is 4.07. The number of hydrogen-bond acceptors (Lipinski definition) is 4. The Morgan fingerprint density at radius 1 is 0.750 bits per heavy atom. The van der Waals surface area contributed by atoms with Crippen LogP contribution < -0.4 is 0 Å². The Balaban J connectivity index is 2.06. The van der Waals surface area contributed by atoms with Gasteiger partial charge in [-0.3, -0.25) is 9.97 Å². The zero-order chi connectivity index (χ0) is 13.7. The standard InChI is InChI=1S/C14H12N6/c1-19-11-3-5-15-7-9(11)17-13(19)14-18-10-8-16-6-4-12(10)20(14)2/h3-8H,1-2H3. The highest BCUT2D eigenvalue weighted by Gasteiger charge is 2.16. The minimum atomic E-state index is 0.826. The molecule has 0 fully saturated rings. The van der Waals surface area contributed by atoms with Crippen LogP contribution in [-0.2, 0) is 14.1 Å². The number of imidazole rings is 2. The summed E-state index contributed by atoms with van der Waals surface area (Å²) in [6, 6.07) is 3.91. The maximum absolute atomic E-state index is 4.64. The van der Waals surface area contributed by atoms with Gasteiger partial charge < -0.3 is 9.13 Å². The Morgan fingerprint density at radius 2 is 1.20 bits per heavy atom. The molecule has 98 valence electrons. The monoisotopic (exact) mass is 264 g/mol. The quantitative estimate of drug-likeness (QED) is 0.527. The predicted molar refractivity (Wildman–Crippen MR) is 76.0 cm³/mol. The average molecular weight is 264 g/mol. The third-order valence-electron chi connectivity index (χ3n) is 3.57. The van der Waals surface area contributed by atoms with Crippen molar-refractivity contribution in [3.8, 4) is 11.6 Å². The topological polar surface area (TPSA) is 61.4 Å². The number of nitrogens with zero attached hydrogens (tertiary/aromatic N) is 6. The molecule has 0 N–H and O–H groups in total. The van der Waals surface area contributed by atoms with Gasteiger partial charge in [0.2, 0.25) is 0 Å². The van der Waals surface area contributed by atoms with E-state index in [0.29, 0.717) is 0 Å². The van der Waals surface area contributed by atoms with E-state index in [-0.39, 0.29) is 0 Å². The molecular weight excluding hydrogens is 252 g/mol. The first-order valence-corrected chi connectivity index (χ1v) is 6.29. The van der Waals surface area contributed by atoms with E-state index >= 15 is 0 Å². The molecule has 0 atom stereocenters. The van der Waals surface area contributed by atoms with Crippen molar-refractivity contribution < 1.29 is 0 Å². The summed E-state index contributed by atoms with van der Waals surface area (Å²) >= 11 is 0. The summed E-state index contributed by atoms with van der Waals surface area (Å²) in [6.07, 6.45) is 7.07. The summed E-state index contributed by atoms with van der Waals surface area (Å²) in [4.78, 5) is 17.5. The SMILES string of the molecule is Cn1c(-c2nc3cnccc3n2C)nc2cnccc21. The van der Waals surface area contributed by atoms with Gasteiger partial charge in [0.15, 0.2) is 11.6 Å². The van der Waals surface area contributed by atoms with Gasteiger partial charge >= 0.3 is 0 Å². The molecule has 0 aliphatic rings. The second kappa shape index (κ2) is 3.86. The number of aryl methyl sites for hydroxylation is 2. The predicted octanol–water partition coefficient (Wildman–Crippen LogP) is 1.92. The van der Waals surface area contributed by atoms with Gasteiger partial charge in [-0.2, -0.15) is 0 Å². The van der Waals surface area contributed by atoms with Gasteiger partial charge in [-0.25, -0.2) is 9.97 Å². The Hall–Kier alpha value is -2.76. The molecule has 0 amide bonds. The molecule has 0 aliphatic carbocycles. The van der Waals surface area contributed by atoms with E-state index in [1.807, 2.05) is 35.4 Å². The number of hydrogen-bond donors (Lipinski definition) is 0. The van der Waals surface area contributed by atoms with Crippen LogP contribution in [0.5, 0.6) is 0 Å². The molecule has 0 aliphatic heterocycles. The highest BCUT2D eigenvalue weighted by molar-refractivity contribution is 5.82. The minimum Gasteiger partial charge on any atom is -0.324 e. The van der Waals surface area contributed by atoms with Crippen molar-refractivity contribution in [2.45, 2.75) is 0 Å². The molecule has 4 rings (SSSR count). The Labute approximate surface area is 114 Å². The lowest BCUT2D eigenvalue weighted by Crippen LogP contribution is -1.99. The highest BCUT2D eigenvalue weighted by Crippen LogP contribution is 2.25. The number of fused-ring (bicyclic) bond motifs is 2. The molecule has 6 nitrogen and oxygen atoms in total. The van der Waals surface area contributed by atoms with E-state index in [9.17, 15) is 0 Å². The molecule has 0 radical (unpaired) electrons. The normalized spacial score (nSPS) is 11.5. The van der Waals surface area contributed by atoms with Crippen molar-refractivity contribution in [3.63, 3.8) is 0 Å². The Kier molecular flexibility index (Phi) is 2.14. The van der Waals surface area contributed by atoms with Crippen LogP contribution in [0.2, 0.25) is 0 Å². The molecule has 0 aromatic carbocycles. The lowest BCUT2D eigenvalue weighted by Gasteiger charge is -2.02. The van der Waals surface area contributed by atoms with Crippen LogP contribution in [0.4, 0.5) is 0 Å². The molecule has 0 saturated heterocycles. The summed E-state index contributed by atoms with van der Waals surface area (Å²) in [5.74, 6) is 1.65. The first-order chi connectivity index (χ1) is 9.75. The largest absolute Gasteiger partial charge is 0.324 e. The lowest BCUT2D eigenvalue weighted by molar-refractivity contribution is 0.890. The molecule has 0 spiro atoms. The Morgan fingerprint density at radius 3 is 1.60 bits per heavy atom. The van der Waals surface area contributed by atoms with Gasteiger partial charge in [0.05, 0.1) is 23.4 Å². The van der Waals surface area contributed by atoms with Crippen LogP contribution in [0.3, 0.4) is 0 Å². The molecule has 0 unspecified atom stereocenters. The van der Waals surface area contributed by atoms with Crippen LogP contribution in [0.1, 0.15) is 0 Å². The van der Waals surface area contributed by atoms with E-state index < -0.39 is 0 Å². The van der Waals surface area contributed by atoms with Gasteiger partial charge in [0.25, 0.3) is 0 Å². The van der Waals surface area contributed by atoms with Crippen LogP contribution in [0, 0.1) is 0 Å². The van der Waals surface area contributed by atoms with Crippen LogP contribution in [0.25, 0.3) is 33.7 Å². The van der Waals surface area contributed by atoms with E-state index in [4.69, 9.17) is 0 Å². The van der Waals surface area contributed by atoms with Crippen molar-refractivity contribution in [2.75, 3.05) is 0 Å². The maximum Gasteiger partial charge on any atom is 0.177 e. The fourth-order valence-corrected chi connectivity index (χ4v) is 2.50. The van der Waals surface area contributed by atoms with Crippen molar-refractivity contribution in [2.24, 2.45) is 14.1 Å². The van der Waals surface area contributed by atoms with Crippen molar-refractivity contribution >= 4 is 22.1 Å². The van der Waals surface area contributed by atoms with Crippen LogP contribution in [-0.4, -0.2) is 29.1 Å². The lowest BCUT2D eigenvalue weighted by atomic mass is 10.4. The second-order valence-corrected chi connectivity index (χ2v) is 4.72. The smallest absolute Gasteiger partial charge is 0.177 e. The molecule has 6 heteroatoms. The summed E-state index contributed by atoms with van der Waals surface area (Å²) in [7, 11) is 3.98. The average Bonchev–Trinajstić information content (AvgIpc) is 2.98. The minimum absolute atomic E-state index is 0.826. The van der Waals surface area contributed by atoms with Gasteiger partial charge in [0.1, 0.15) is 11.0 Å². The Bertz CT molecular complexity index is 855. The van der Waals surface area contributed by atoms with Crippen molar-refractivity contribution in [1.29, 1.82) is 0 Å². The fraction of sp³-hybridized carbons (Fsp3) is 0.143. The summed E-state index contributed by atoms with van der Waals surface area (Å²) in [5, 5.41) is 0. The number of pyridine rings is 2. The van der Waals surface area contributed by atoms with Gasteiger partial charge in [-0.05, 0) is 12.1 Å². The molecule has 4 aromatic rings. The molecule has 4 heterocycles. The third kappa shape index (κ3) is 1.38. The van der Waals surface area contributed by atoms with E-state index in [0.717, 1.165) is 33.7 Å². The van der Waals surface area contributed by atoms with Crippen molar-refractivity contribution in [3.05, 3.63) is 36.9 Å². The third-order valence-corrected chi connectivity index (χ3v) is 3.57. The van der Waals surface area contributed by atoms with Gasteiger partial charge in [-0.1, -0.05) is 0 Å². The fourth-order valence-electron chi connectivity index (χ4n) is 2.50. The van der Waals surface area contributed by atoms with E-state index in [1.54, 1.807) is 24.8 Å². The molecule has 0 saturated carbocycles. The molecule has 0 bridgehead atoms. The number of aromatic nitrogens is 6. The highest BCUT2D eigenvalue weighted by atomic mass is 15.2. The van der Waals surface area contributed by atoms with Gasteiger partial charge in [-0.15, -0.1) is 0 Å². The maximum atomic E-state index is 4.64. The number of rotatable bonds is 1. The molecule has 4 aromatic heterocycles. The molecular formula is C14H12N6. The first kappa shape index (κ1) is 11.1. The zero-order valence-corrected chi connectivity index (χ0v) is 11.1. The zero-order valence-electron chi connectivity index (χ0n) is 11.1.